The van der Waals surface area contributed by atoms with E-state index in [2.05, 4.69) is 41.5 Å². The van der Waals surface area contributed by atoms with Crippen molar-refractivity contribution in [1.29, 1.82) is 0 Å². The Morgan fingerprint density at radius 2 is 0.882 bits per heavy atom. The van der Waals surface area contributed by atoms with Gasteiger partial charge in [-0.2, -0.15) is 0 Å². The number of phenolic OH excluding ortho intramolecular Hbond substituents is 2. The largest absolute Gasteiger partial charge is 0.507 e. The van der Waals surface area contributed by atoms with E-state index in [9.17, 15) is 10.2 Å². The first-order valence-electron chi connectivity index (χ1n) is 11.9. The number of rotatable bonds is 11. The molecule has 2 rings (SSSR count). The average Bonchev–Trinajstić information content (AvgIpc) is 2.72. The number of ether oxygens (including phenoxy) is 4. The van der Waals surface area contributed by atoms with E-state index in [1.807, 2.05) is 38.1 Å². The average molecular weight is 475 g/mol. The molecule has 0 saturated carbocycles. The lowest BCUT2D eigenvalue weighted by atomic mass is 9.85. The van der Waals surface area contributed by atoms with Crippen LogP contribution in [0.2, 0.25) is 0 Å². The normalized spacial score (nSPS) is 12.1. The first kappa shape index (κ1) is 27.8. The van der Waals surface area contributed by atoms with Crippen LogP contribution in [0.4, 0.5) is 0 Å². The van der Waals surface area contributed by atoms with Crippen LogP contribution in [-0.4, -0.2) is 49.9 Å². The lowest BCUT2D eigenvalue weighted by molar-refractivity contribution is 0.0273. The monoisotopic (exact) mass is 474 g/mol. The Morgan fingerprint density at radius 1 is 0.559 bits per heavy atom. The third-order valence-electron chi connectivity index (χ3n) is 5.53. The van der Waals surface area contributed by atoms with Crippen LogP contribution in [0.15, 0.2) is 24.3 Å². The van der Waals surface area contributed by atoms with Crippen LogP contribution in [0, 0.1) is 13.8 Å². The minimum absolute atomic E-state index is 0.165. The fourth-order valence-corrected chi connectivity index (χ4v) is 3.56. The fourth-order valence-electron chi connectivity index (χ4n) is 3.56. The standard InChI is InChI=1S/C28H42O6/c1-19-15-21(17-23(25(19)29)27(3,4)5)33-13-11-31-9-10-32-12-14-34-22-16-20(2)26(30)24(18-22)28(6,7)8/h15-18,29-30H,9-14H2,1-8H3. The van der Waals surface area contributed by atoms with Gasteiger partial charge in [-0.3, -0.25) is 0 Å². The summed E-state index contributed by atoms with van der Waals surface area (Å²) in [4.78, 5) is 0. The molecular weight excluding hydrogens is 432 g/mol. The number of benzene rings is 2. The summed E-state index contributed by atoms with van der Waals surface area (Å²) in [5.74, 6) is 2.12. The molecule has 0 heterocycles. The first-order valence-corrected chi connectivity index (χ1v) is 11.9. The van der Waals surface area contributed by atoms with Gasteiger partial charge in [0.1, 0.15) is 36.2 Å². The maximum absolute atomic E-state index is 10.3. The quantitative estimate of drug-likeness (QED) is 0.401. The first-order chi connectivity index (χ1) is 15.8. The number of hydrogen-bond donors (Lipinski definition) is 2. The number of phenols is 2. The van der Waals surface area contributed by atoms with Gasteiger partial charge in [0.25, 0.3) is 0 Å². The molecule has 0 aliphatic rings. The Labute approximate surface area is 204 Å². The molecule has 0 radical (unpaired) electrons. The summed E-state index contributed by atoms with van der Waals surface area (Å²) in [7, 11) is 0. The van der Waals surface area contributed by atoms with Gasteiger partial charge in [0.2, 0.25) is 0 Å². The fraction of sp³-hybridized carbons (Fsp3) is 0.571. The Kier molecular flexibility index (Phi) is 9.65. The minimum Gasteiger partial charge on any atom is -0.507 e. The molecule has 6 nitrogen and oxygen atoms in total. The molecule has 0 fully saturated rings. The molecule has 0 aromatic heterocycles. The van der Waals surface area contributed by atoms with Gasteiger partial charge >= 0.3 is 0 Å². The third-order valence-corrected chi connectivity index (χ3v) is 5.53. The summed E-state index contributed by atoms with van der Waals surface area (Å²) in [6, 6.07) is 7.47. The highest BCUT2D eigenvalue weighted by atomic mass is 16.6. The van der Waals surface area contributed by atoms with Crippen LogP contribution >= 0.6 is 0 Å². The van der Waals surface area contributed by atoms with E-state index in [0.29, 0.717) is 51.1 Å². The Morgan fingerprint density at radius 3 is 1.21 bits per heavy atom. The van der Waals surface area contributed by atoms with Crippen LogP contribution in [0.1, 0.15) is 63.8 Å². The van der Waals surface area contributed by atoms with Crippen molar-refractivity contribution in [3.63, 3.8) is 0 Å². The van der Waals surface area contributed by atoms with E-state index in [0.717, 1.165) is 33.8 Å². The molecule has 190 valence electrons. The Balaban J connectivity index is 1.64. The van der Waals surface area contributed by atoms with Crippen LogP contribution in [0.3, 0.4) is 0 Å². The molecular formula is C28H42O6. The van der Waals surface area contributed by atoms with Crippen molar-refractivity contribution in [3.8, 4) is 23.0 Å². The summed E-state index contributed by atoms with van der Waals surface area (Å²) >= 11 is 0. The van der Waals surface area contributed by atoms with Crippen molar-refractivity contribution in [1.82, 2.24) is 0 Å². The van der Waals surface area contributed by atoms with Gasteiger partial charge in [-0.05, 0) is 60.1 Å². The van der Waals surface area contributed by atoms with Gasteiger partial charge < -0.3 is 29.2 Å². The molecule has 2 aromatic rings. The SMILES string of the molecule is Cc1cc(OCCOCCOCCOc2cc(C)c(O)c(C(C)(C)C)c2)cc(C(C)(C)C)c1O. The Hall–Kier alpha value is -2.44. The van der Waals surface area contributed by atoms with E-state index in [1.54, 1.807) is 0 Å². The molecule has 34 heavy (non-hydrogen) atoms. The van der Waals surface area contributed by atoms with Gasteiger partial charge in [-0.15, -0.1) is 0 Å². The second-order valence-electron chi connectivity index (χ2n) is 10.7. The second-order valence-corrected chi connectivity index (χ2v) is 10.7. The van der Waals surface area contributed by atoms with Crippen LogP contribution in [0.5, 0.6) is 23.0 Å². The highest BCUT2D eigenvalue weighted by molar-refractivity contribution is 5.49. The molecule has 0 aliphatic carbocycles. The lowest BCUT2D eigenvalue weighted by Gasteiger charge is -2.22. The van der Waals surface area contributed by atoms with Crippen molar-refractivity contribution in [3.05, 3.63) is 46.5 Å². The van der Waals surface area contributed by atoms with Crippen molar-refractivity contribution >= 4 is 0 Å². The summed E-state index contributed by atoms with van der Waals surface area (Å²) < 4.78 is 22.8. The molecule has 0 amide bonds. The van der Waals surface area contributed by atoms with Crippen molar-refractivity contribution < 1.29 is 29.2 Å². The van der Waals surface area contributed by atoms with E-state index < -0.39 is 0 Å². The number of aryl methyl sites for hydroxylation is 2. The minimum atomic E-state index is -0.165. The van der Waals surface area contributed by atoms with Crippen molar-refractivity contribution in [2.75, 3.05) is 39.6 Å². The van der Waals surface area contributed by atoms with Gasteiger partial charge in [-0.1, -0.05) is 41.5 Å². The summed E-state index contributed by atoms with van der Waals surface area (Å²) in [5.41, 5.74) is 3.02. The molecule has 6 heteroatoms. The molecule has 2 aromatic carbocycles. The zero-order valence-electron chi connectivity index (χ0n) is 22.1. The van der Waals surface area contributed by atoms with Crippen molar-refractivity contribution in [2.24, 2.45) is 0 Å². The molecule has 2 N–H and O–H groups in total. The Bertz CT molecular complexity index is 860. The zero-order valence-corrected chi connectivity index (χ0v) is 22.1. The molecule has 0 aliphatic heterocycles. The molecule has 0 unspecified atom stereocenters. The van der Waals surface area contributed by atoms with Crippen LogP contribution in [-0.2, 0) is 20.3 Å². The summed E-state index contributed by atoms with van der Waals surface area (Å²) in [6.07, 6.45) is 0. The van der Waals surface area contributed by atoms with E-state index >= 15 is 0 Å². The lowest BCUT2D eigenvalue weighted by Crippen LogP contribution is -2.15. The van der Waals surface area contributed by atoms with Crippen LogP contribution < -0.4 is 9.47 Å². The molecule has 0 saturated heterocycles. The predicted octanol–water partition coefficient (Wildman–Crippen LogP) is 5.80. The highest BCUT2D eigenvalue weighted by Gasteiger charge is 2.21. The zero-order chi connectivity index (χ0) is 25.5. The van der Waals surface area contributed by atoms with Gasteiger partial charge in [0.05, 0.1) is 26.4 Å². The summed E-state index contributed by atoms with van der Waals surface area (Å²) in [5, 5.41) is 20.6. The van der Waals surface area contributed by atoms with E-state index in [1.165, 1.54) is 0 Å². The van der Waals surface area contributed by atoms with Gasteiger partial charge in [0.15, 0.2) is 0 Å². The van der Waals surface area contributed by atoms with Gasteiger partial charge in [-0.25, -0.2) is 0 Å². The van der Waals surface area contributed by atoms with Gasteiger partial charge in [0, 0.05) is 11.1 Å². The maximum atomic E-state index is 10.3. The van der Waals surface area contributed by atoms with E-state index in [4.69, 9.17) is 18.9 Å². The van der Waals surface area contributed by atoms with E-state index in [-0.39, 0.29) is 10.8 Å². The predicted molar refractivity (Wildman–Crippen MR) is 136 cm³/mol. The topological polar surface area (TPSA) is 77.4 Å². The highest BCUT2D eigenvalue weighted by Crippen LogP contribution is 2.37. The molecule has 0 bridgehead atoms. The number of aromatic hydroxyl groups is 2. The third kappa shape index (κ3) is 8.10. The molecule has 0 spiro atoms. The number of hydrogen-bond acceptors (Lipinski definition) is 6. The second kappa shape index (κ2) is 11.8. The maximum Gasteiger partial charge on any atom is 0.122 e. The summed E-state index contributed by atoms with van der Waals surface area (Å²) in [6.45, 7) is 18.8. The smallest absolute Gasteiger partial charge is 0.122 e. The van der Waals surface area contributed by atoms with Crippen LogP contribution in [0.25, 0.3) is 0 Å². The molecule has 0 atom stereocenters. The van der Waals surface area contributed by atoms with Crippen molar-refractivity contribution in [2.45, 2.75) is 66.2 Å².